The Bertz CT molecular complexity index is 295. The Morgan fingerprint density at radius 3 is 3.07 bits per heavy atom. The molecule has 0 atom stereocenters. The quantitative estimate of drug-likeness (QED) is 0.609. The predicted octanol–water partition coefficient (Wildman–Crippen LogP) is 2.20. The van der Waals surface area contributed by atoms with Crippen molar-refractivity contribution in [1.82, 2.24) is 5.32 Å². The summed E-state index contributed by atoms with van der Waals surface area (Å²) in [6.07, 6.45) is 4.12. The maximum absolute atomic E-state index is 11.3. The summed E-state index contributed by atoms with van der Waals surface area (Å²) in [5.41, 5.74) is 0. The number of nitrogens with one attached hydrogen (secondary N) is 1. The van der Waals surface area contributed by atoms with Crippen LogP contribution < -0.4 is 5.32 Å². The maximum atomic E-state index is 11.3. The molecule has 0 aliphatic carbocycles. The normalized spacial score (nSPS) is 10.6. The number of carbonyl (C=O) groups excluding carboxylic acids is 1. The van der Waals surface area contributed by atoms with Gasteiger partial charge in [0.05, 0.1) is 6.42 Å². The molecular formula is C10H12ClNOS. The van der Waals surface area contributed by atoms with Crippen LogP contribution in [0, 0.1) is 0 Å². The molecule has 2 nitrogen and oxygen atoms in total. The Morgan fingerprint density at radius 2 is 2.43 bits per heavy atom. The molecule has 0 unspecified atom stereocenters. The van der Waals surface area contributed by atoms with Gasteiger partial charge >= 0.3 is 0 Å². The SMILES string of the molecule is O=C(Cc1cccs1)NC/C=C/CCl. The molecule has 4 heteroatoms. The van der Waals surface area contributed by atoms with Gasteiger partial charge in [-0.1, -0.05) is 18.2 Å². The highest BCUT2D eigenvalue weighted by Gasteiger charge is 2.01. The molecule has 1 amide bonds. The van der Waals surface area contributed by atoms with E-state index in [0.717, 1.165) is 4.88 Å². The van der Waals surface area contributed by atoms with Gasteiger partial charge in [0, 0.05) is 17.3 Å². The molecular weight excluding hydrogens is 218 g/mol. The summed E-state index contributed by atoms with van der Waals surface area (Å²) in [5, 5.41) is 4.75. The van der Waals surface area contributed by atoms with Gasteiger partial charge in [0.25, 0.3) is 0 Å². The second-order valence-electron chi connectivity index (χ2n) is 2.69. The van der Waals surface area contributed by atoms with Crippen LogP contribution in [0.5, 0.6) is 0 Å². The van der Waals surface area contributed by atoms with Crippen LogP contribution in [0.3, 0.4) is 0 Å². The van der Waals surface area contributed by atoms with Crippen LogP contribution in [0.4, 0.5) is 0 Å². The van der Waals surface area contributed by atoms with E-state index in [1.165, 1.54) is 0 Å². The lowest BCUT2D eigenvalue weighted by Gasteiger charge is -1.99. The van der Waals surface area contributed by atoms with Crippen molar-refractivity contribution in [3.8, 4) is 0 Å². The summed E-state index contributed by atoms with van der Waals surface area (Å²) in [6, 6.07) is 3.90. The number of carbonyl (C=O) groups is 1. The molecule has 76 valence electrons. The van der Waals surface area contributed by atoms with Crippen molar-refractivity contribution < 1.29 is 4.79 Å². The third kappa shape index (κ3) is 4.44. The van der Waals surface area contributed by atoms with Crippen LogP contribution in [0.2, 0.25) is 0 Å². The van der Waals surface area contributed by atoms with E-state index in [1.54, 1.807) is 11.3 Å². The van der Waals surface area contributed by atoms with Crippen LogP contribution in [-0.4, -0.2) is 18.3 Å². The number of halogens is 1. The van der Waals surface area contributed by atoms with Crippen LogP contribution >= 0.6 is 22.9 Å². The Labute approximate surface area is 92.6 Å². The molecule has 1 aromatic rings. The van der Waals surface area contributed by atoms with E-state index in [2.05, 4.69) is 5.32 Å². The molecule has 0 fully saturated rings. The molecule has 1 heterocycles. The van der Waals surface area contributed by atoms with Crippen LogP contribution in [0.25, 0.3) is 0 Å². The number of hydrogen-bond acceptors (Lipinski definition) is 2. The highest BCUT2D eigenvalue weighted by molar-refractivity contribution is 7.10. The van der Waals surface area contributed by atoms with Gasteiger partial charge in [-0.15, -0.1) is 22.9 Å². The van der Waals surface area contributed by atoms with Crippen molar-refractivity contribution in [2.45, 2.75) is 6.42 Å². The summed E-state index contributed by atoms with van der Waals surface area (Å²) in [6.45, 7) is 0.553. The van der Waals surface area contributed by atoms with Crippen molar-refractivity contribution in [1.29, 1.82) is 0 Å². The zero-order chi connectivity index (χ0) is 10.2. The van der Waals surface area contributed by atoms with Gasteiger partial charge in [0.1, 0.15) is 0 Å². The topological polar surface area (TPSA) is 29.1 Å². The summed E-state index contributed by atoms with van der Waals surface area (Å²) in [4.78, 5) is 12.4. The third-order valence-electron chi connectivity index (χ3n) is 1.59. The number of allylic oxidation sites excluding steroid dienone is 1. The zero-order valence-corrected chi connectivity index (χ0v) is 9.27. The summed E-state index contributed by atoms with van der Waals surface area (Å²) >= 11 is 7.03. The van der Waals surface area contributed by atoms with Gasteiger partial charge in [0.2, 0.25) is 5.91 Å². The molecule has 0 saturated carbocycles. The van der Waals surface area contributed by atoms with E-state index in [-0.39, 0.29) is 5.91 Å². The number of thiophene rings is 1. The zero-order valence-electron chi connectivity index (χ0n) is 7.70. The first-order chi connectivity index (χ1) is 6.83. The van der Waals surface area contributed by atoms with Gasteiger partial charge < -0.3 is 5.32 Å². The largest absolute Gasteiger partial charge is 0.352 e. The van der Waals surface area contributed by atoms with Crippen molar-refractivity contribution in [2.24, 2.45) is 0 Å². The number of alkyl halides is 1. The average molecular weight is 230 g/mol. The molecule has 0 spiro atoms. The van der Waals surface area contributed by atoms with Crippen LogP contribution in [0.1, 0.15) is 4.88 Å². The smallest absolute Gasteiger partial charge is 0.225 e. The first-order valence-corrected chi connectivity index (χ1v) is 5.74. The van der Waals surface area contributed by atoms with Gasteiger partial charge in [-0.25, -0.2) is 0 Å². The fraction of sp³-hybridized carbons (Fsp3) is 0.300. The lowest BCUT2D eigenvalue weighted by Crippen LogP contribution is -2.24. The monoisotopic (exact) mass is 229 g/mol. The number of amides is 1. The summed E-state index contributed by atoms with van der Waals surface area (Å²) < 4.78 is 0. The molecule has 0 aromatic carbocycles. The standard InChI is InChI=1S/C10H12ClNOS/c11-5-1-2-6-12-10(13)8-9-4-3-7-14-9/h1-4,7H,5-6,8H2,(H,12,13)/b2-1+. The van der Waals surface area contributed by atoms with E-state index in [9.17, 15) is 4.79 Å². The fourth-order valence-corrected chi connectivity index (χ4v) is 1.78. The summed E-state index contributed by atoms with van der Waals surface area (Å²) in [7, 11) is 0. The third-order valence-corrected chi connectivity index (χ3v) is 2.64. The van der Waals surface area contributed by atoms with Crippen molar-refractivity contribution in [2.75, 3.05) is 12.4 Å². The first kappa shape index (κ1) is 11.3. The molecule has 1 N–H and O–H groups in total. The highest BCUT2D eigenvalue weighted by atomic mass is 35.5. The number of rotatable bonds is 5. The lowest BCUT2D eigenvalue weighted by molar-refractivity contribution is -0.120. The molecule has 14 heavy (non-hydrogen) atoms. The minimum atomic E-state index is 0.0478. The van der Waals surface area contributed by atoms with Gasteiger partial charge in [-0.2, -0.15) is 0 Å². The van der Waals surface area contributed by atoms with E-state index in [0.29, 0.717) is 18.8 Å². The second kappa shape index (κ2) is 6.62. The first-order valence-electron chi connectivity index (χ1n) is 4.33. The Hall–Kier alpha value is -0.800. The van der Waals surface area contributed by atoms with Crippen LogP contribution in [0.15, 0.2) is 29.7 Å². The highest BCUT2D eigenvalue weighted by Crippen LogP contribution is 2.08. The Morgan fingerprint density at radius 1 is 1.57 bits per heavy atom. The van der Waals surface area contributed by atoms with E-state index >= 15 is 0 Å². The second-order valence-corrected chi connectivity index (χ2v) is 4.03. The summed E-state index contributed by atoms with van der Waals surface area (Å²) in [5.74, 6) is 0.535. The Balaban J connectivity index is 2.20. The Kier molecular flexibility index (Phi) is 5.33. The molecule has 0 aliphatic rings. The van der Waals surface area contributed by atoms with Gasteiger partial charge in [0.15, 0.2) is 0 Å². The molecule has 0 aliphatic heterocycles. The van der Waals surface area contributed by atoms with Gasteiger partial charge in [-0.05, 0) is 11.4 Å². The average Bonchev–Trinajstić information content (AvgIpc) is 2.65. The minimum absolute atomic E-state index is 0.0478. The molecule has 0 bridgehead atoms. The molecule has 0 saturated heterocycles. The van der Waals surface area contributed by atoms with Crippen molar-refractivity contribution in [3.05, 3.63) is 34.5 Å². The van der Waals surface area contributed by atoms with Crippen molar-refractivity contribution in [3.63, 3.8) is 0 Å². The maximum Gasteiger partial charge on any atom is 0.225 e. The number of hydrogen-bond donors (Lipinski definition) is 1. The van der Waals surface area contributed by atoms with E-state index in [4.69, 9.17) is 11.6 Å². The predicted molar refractivity (Wildman–Crippen MR) is 60.9 cm³/mol. The van der Waals surface area contributed by atoms with Crippen molar-refractivity contribution >= 4 is 28.8 Å². The minimum Gasteiger partial charge on any atom is -0.352 e. The van der Waals surface area contributed by atoms with E-state index in [1.807, 2.05) is 29.7 Å². The molecule has 1 rings (SSSR count). The molecule has 1 aromatic heterocycles. The lowest BCUT2D eigenvalue weighted by atomic mass is 10.3. The van der Waals surface area contributed by atoms with E-state index < -0.39 is 0 Å². The molecule has 0 radical (unpaired) electrons. The van der Waals surface area contributed by atoms with Crippen LogP contribution in [-0.2, 0) is 11.2 Å². The fourth-order valence-electron chi connectivity index (χ4n) is 0.953. The van der Waals surface area contributed by atoms with Gasteiger partial charge in [-0.3, -0.25) is 4.79 Å².